The second kappa shape index (κ2) is 5.97. The van der Waals surface area contributed by atoms with E-state index in [9.17, 15) is 22.8 Å². The average molecular weight is 259 g/mol. The zero-order chi connectivity index (χ0) is 12.9. The molecule has 0 aliphatic heterocycles. The van der Waals surface area contributed by atoms with Crippen molar-refractivity contribution in [3.05, 3.63) is 0 Å². The lowest BCUT2D eigenvalue weighted by Crippen LogP contribution is -2.42. The minimum absolute atomic E-state index is 0.447. The van der Waals surface area contributed by atoms with Crippen LogP contribution >= 0.6 is 11.8 Å². The Labute approximate surface area is 94.8 Å². The Morgan fingerprint density at radius 3 is 2.19 bits per heavy atom. The zero-order valence-electron chi connectivity index (χ0n) is 8.74. The van der Waals surface area contributed by atoms with Crippen molar-refractivity contribution < 1.29 is 27.9 Å². The number of halogens is 3. The van der Waals surface area contributed by atoms with E-state index in [-0.39, 0.29) is 0 Å². The van der Waals surface area contributed by atoms with Gasteiger partial charge in [-0.1, -0.05) is 0 Å². The lowest BCUT2D eigenvalue weighted by molar-refractivity contribution is -0.144. The van der Waals surface area contributed by atoms with Crippen LogP contribution in [0.4, 0.5) is 13.2 Å². The summed E-state index contributed by atoms with van der Waals surface area (Å²) >= 11 is -0.470. The van der Waals surface area contributed by atoms with E-state index in [1.807, 2.05) is 0 Å². The second-order valence-electron chi connectivity index (χ2n) is 3.24. The molecular formula is C8H12F3NO3S. The highest BCUT2D eigenvalue weighted by Crippen LogP contribution is 2.30. The molecule has 1 N–H and O–H groups in total. The summed E-state index contributed by atoms with van der Waals surface area (Å²) in [5.74, 6) is -2.88. The van der Waals surface area contributed by atoms with Crippen molar-refractivity contribution in [3.63, 3.8) is 0 Å². The fourth-order valence-corrected chi connectivity index (χ4v) is 1.38. The molecule has 94 valence electrons. The van der Waals surface area contributed by atoms with Gasteiger partial charge in [-0.3, -0.25) is 9.59 Å². The Bertz CT molecular complexity index is 268. The molecule has 0 unspecified atom stereocenters. The lowest BCUT2D eigenvalue weighted by atomic mass is 10.3. The number of hydrogen-bond donors (Lipinski definition) is 1. The molecule has 0 bridgehead atoms. The standard InChI is InChI=1S/C8H12F3NO3S/c1-5(2)12(3-7(14)15)6(13)4-16-8(9,10)11/h5H,3-4H2,1-2H3,(H,14,15). The number of carboxylic acids is 1. The van der Waals surface area contributed by atoms with Gasteiger partial charge in [0.05, 0.1) is 5.75 Å². The minimum Gasteiger partial charge on any atom is -0.480 e. The molecule has 0 fully saturated rings. The van der Waals surface area contributed by atoms with Gasteiger partial charge < -0.3 is 10.0 Å². The molecule has 0 heterocycles. The quantitative estimate of drug-likeness (QED) is 0.814. The van der Waals surface area contributed by atoms with Crippen molar-refractivity contribution in [2.45, 2.75) is 25.4 Å². The van der Waals surface area contributed by atoms with E-state index >= 15 is 0 Å². The molecule has 0 aromatic carbocycles. The van der Waals surface area contributed by atoms with Crippen molar-refractivity contribution in [1.82, 2.24) is 4.90 Å². The Morgan fingerprint density at radius 2 is 1.88 bits per heavy atom. The monoisotopic (exact) mass is 259 g/mol. The number of amides is 1. The Hall–Kier alpha value is -0.920. The summed E-state index contributed by atoms with van der Waals surface area (Å²) in [6, 6.07) is -0.447. The third kappa shape index (κ3) is 6.54. The van der Waals surface area contributed by atoms with Crippen molar-refractivity contribution >= 4 is 23.6 Å². The third-order valence-corrected chi connectivity index (χ3v) is 2.33. The maximum atomic E-state index is 11.8. The van der Waals surface area contributed by atoms with Crippen LogP contribution in [0, 0.1) is 0 Å². The van der Waals surface area contributed by atoms with Gasteiger partial charge in [0.15, 0.2) is 0 Å². The highest BCUT2D eigenvalue weighted by Gasteiger charge is 2.31. The molecule has 0 aromatic heterocycles. The first kappa shape index (κ1) is 15.1. The van der Waals surface area contributed by atoms with Crippen molar-refractivity contribution in [2.24, 2.45) is 0 Å². The van der Waals surface area contributed by atoms with Gasteiger partial charge in [-0.25, -0.2) is 0 Å². The van der Waals surface area contributed by atoms with Gasteiger partial charge in [-0.05, 0) is 25.6 Å². The smallest absolute Gasteiger partial charge is 0.442 e. The largest absolute Gasteiger partial charge is 0.480 e. The molecule has 16 heavy (non-hydrogen) atoms. The number of carboxylic acid groups (broad SMARTS) is 1. The SMILES string of the molecule is CC(C)N(CC(=O)O)C(=O)CSC(F)(F)F. The van der Waals surface area contributed by atoms with Gasteiger partial charge in [0, 0.05) is 6.04 Å². The summed E-state index contributed by atoms with van der Waals surface area (Å²) < 4.78 is 35.5. The number of carbonyl (C=O) groups excluding carboxylic acids is 1. The molecule has 0 saturated carbocycles. The Kier molecular flexibility index (Phi) is 5.63. The van der Waals surface area contributed by atoms with Crippen molar-refractivity contribution in [3.8, 4) is 0 Å². The number of aliphatic carboxylic acids is 1. The highest BCUT2D eigenvalue weighted by atomic mass is 32.2. The lowest BCUT2D eigenvalue weighted by Gasteiger charge is -2.24. The Balaban J connectivity index is 4.34. The van der Waals surface area contributed by atoms with Gasteiger partial charge >= 0.3 is 11.5 Å². The molecule has 0 rings (SSSR count). The van der Waals surface area contributed by atoms with E-state index in [1.165, 1.54) is 0 Å². The predicted octanol–water partition coefficient (Wildman–Crippen LogP) is 1.56. The first-order valence-electron chi connectivity index (χ1n) is 4.35. The van der Waals surface area contributed by atoms with E-state index in [1.54, 1.807) is 13.8 Å². The van der Waals surface area contributed by atoms with E-state index in [0.717, 1.165) is 4.90 Å². The first-order valence-corrected chi connectivity index (χ1v) is 5.34. The average Bonchev–Trinajstić information content (AvgIpc) is 2.08. The van der Waals surface area contributed by atoms with Crippen LogP contribution in [-0.4, -0.2) is 45.7 Å². The molecule has 4 nitrogen and oxygen atoms in total. The van der Waals surface area contributed by atoms with Crippen LogP contribution in [0.25, 0.3) is 0 Å². The van der Waals surface area contributed by atoms with Crippen molar-refractivity contribution in [1.29, 1.82) is 0 Å². The van der Waals surface area contributed by atoms with Crippen LogP contribution in [0.5, 0.6) is 0 Å². The molecule has 0 aliphatic carbocycles. The number of hydrogen-bond acceptors (Lipinski definition) is 3. The number of nitrogens with zero attached hydrogens (tertiary/aromatic N) is 1. The molecule has 0 aromatic rings. The van der Waals surface area contributed by atoms with Crippen LogP contribution in [0.15, 0.2) is 0 Å². The fraction of sp³-hybridized carbons (Fsp3) is 0.750. The van der Waals surface area contributed by atoms with Gasteiger partial charge in [0.2, 0.25) is 5.91 Å². The summed E-state index contributed by atoms with van der Waals surface area (Å²) in [7, 11) is 0. The topological polar surface area (TPSA) is 57.6 Å². The Morgan fingerprint density at radius 1 is 1.38 bits per heavy atom. The van der Waals surface area contributed by atoms with Crippen LogP contribution in [0.2, 0.25) is 0 Å². The summed E-state index contributed by atoms with van der Waals surface area (Å²) in [5.41, 5.74) is -4.48. The van der Waals surface area contributed by atoms with Gasteiger partial charge in [-0.2, -0.15) is 13.2 Å². The number of alkyl halides is 3. The fourth-order valence-electron chi connectivity index (χ4n) is 0.931. The summed E-state index contributed by atoms with van der Waals surface area (Å²) in [5, 5.41) is 8.49. The number of rotatable bonds is 5. The van der Waals surface area contributed by atoms with E-state index in [4.69, 9.17) is 5.11 Å². The molecule has 0 saturated heterocycles. The predicted molar refractivity (Wildman–Crippen MR) is 53.0 cm³/mol. The van der Waals surface area contributed by atoms with Gasteiger partial charge in [-0.15, -0.1) is 0 Å². The van der Waals surface area contributed by atoms with Gasteiger partial charge in [0.25, 0.3) is 0 Å². The molecule has 8 heteroatoms. The van der Waals surface area contributed by atoms with Gasteiger partial charge in [0.1, 0.15) is 6.54 Å². The molecule has 1 amide bonds. The number of carbonyl (C=O) groups is 2. The summed E-state index contributed by atoms with van der Waals surface area (Å²) in [6.07, 6.45) is 0. The van der Waals surface area contributed by atoms with Crippen LogP contribution in [-0.2, 0) is 9.59 Å². The molecule has 0 aliphatic rings. The summed E-state index contributed by atoms with van der Waals surface area (Å²) in [6.45, 7) is 2.49. The maximum absolute atomic E-state index is 11.8. The van der Waals surface area contributed by atoms with Crippen LogP contribution in [0.3, 0.4) is 0 Å². The van der Waals surface area contributed by atoms with Crippen LogP contribution in [0.1, 0.15) is 13.8 Å². The van der Waals surface area contributed by atoms with E-state index < -0.39 is 47.5 Å². The molecule has 0 radical (unpaired) electrons. The minimum atomic E-state index is -4.48. The summed E-state index contributed by atoms with van der Waals surface area (Å²) in [4.78, 5) is 22.6. The van der Waals surface area contributed by atoms with E-state index in [2.05, 4.69) is 0 Å². The highest BCUT2D eigenvalue weighted by molar-refractivity contribution is 8.00. The molecule has 0 atom stereocenters. The molecule has 0 spiro atoms. The van der Waals surface area contributed by atoms with Crippen molar-refractivity contribution in [2.75, 3.05) is 12.3 Å². The van der Waals surface area contributed by atoms with E-state index in [0.29, 0.717) is 0 Å². The second-order valence-corrected chi connectivity index (χ2v) is 4.28. The normalized spacial score (nSPS) is 11.6. The van der Waals surface area contributed by atoms with Crippen LogP contribution < -0.4 is 0 Å². The number of thioether (sulfide) groups is 1. The third-order valence-electron chi connectivity index (χ3n) is 1.61. The zero-order valence-corrected chi connectivity index (χ0v) is 9.56. The maximum Gasteiger partial charge on any atom is 0.442 e. The first-order chi connectivity index (χ1) is 7.13. The molecular weight excluding hydrogens is 247 g/mol.